The van der Waals surface area contributed by atoms with Crippen LogP contribution in [0.1, 0.15) is 0 Å². The normalized spacial score (nSPS) is 13.6. The third-order valence-electron chi connectivity index (χ3n) is 0.172. The maximum atomic E-state index is 9.55. The van der Waals surface area contributed by atoms with Crippen LogP contribution in [0.3, 0.4) is 0 Å². The molecule has 0 fully saturated rings. The Labute approximate surface area is 53.9 Å². The molecule has 0 aromatic rings. The number of hydrogen-bond acceptors (Lipinski definition) is 5. The third-order valence-corrected chi connectivity index (χ3v) is 3.05. The van der Waals surface area contributed by atoms with Crippen molar-refractivity contribution in [2.75, 3.05) is 0 Å². The van der Waals surface area contributed by atoms with Crippen molar-refractivity contribution in [1.29, 1.82) is 0 Å². The molecule has 0 aliphatic carbocycles. The second-order valence-corrected chi connectivity index (χ2v) is 5.02. The molecule has 9 heavy (non-hydrogen) atoms. The van der Waals surface area contributed by atoms with Crippen LogP contribution in [-0.2, 0) is 36.8 Å². The topological polar surface area (TPSA) is 118 Å². The van der Waals surface area contributed by atoms with Gasteiger partial charge in [-0.2, -0.15) is 0 Å². The minimum atomic E-state index is -6.10. The molecule has 0 amide bonds. The molecule has 0 bridgehead atoms. The van der Waals surface area contributed by atoms with Crippen LogP contribution >= 0.6 is 0 Å². The molecule has 0 atom stereocenters. The summed E-state index contributed by atoms with van der Waals surface area (Å²) in [6, 6.07) is 0. The molecule has 0 saturated carbocycles. The van der Waals surface area contributed by atoms with Crippen molar-refractivity contribution in [3.8, 4) is 0 Å². The zero-order chi connectivity index (χ0) is 7.71. The SMILES string of the molecule is O=S(=O)(O)[O][Mo](=[O])(=[O])[OH]. The van der Waals surface area contributed by atoms with E-state index in [-0.39, 0.29) is 0 Å². The zero-order valence-corrected chi connectivity index (χ0v) is 6.58. The molecule has 0 heterocycles. The predicted octanol–water partition coefficient (Wildman–Crippen LogP) is -1.53. The van der Waals surface area contributed by atoms with Crippen LogP contribution in [0, 0.1) is 0 Å². The number of hydrogen-bond donors (Lipinski definition) is 2. The van der Waals surface area contributed by atoms with Crippen molar-refractivity contribution in [3.63, 3.8) is 0 Å². The van der Waals surface area contributed by atoms with Crippen LogP contribution in [0.25, 0.3) is 0 Å². The van der Waals surface area contributed by atoms with Crippen molar-refractivity contribution in [2.24, 2.45) is 0 Å². The van der Waals surface area contributed by atoms with Crippen LogP contribution in [0.2, 0.25) is 0 Å². The van der Waals surface area contributed by atoms with E-state index in [2.05, 4.69) is 2.84 Å². The Kier molecular flexibility index (Phi) is 2.42. The molecule has 2 N–H and O–H groups in total. The third kappa shape index (κ3) is 8.12. The molecule has 0 aliphatic heterocycles. The van der Waals surface area contributed by atoms with Gasteiger partial charge in [0.1, 0.15) is 0 Å². The molecule has 7 nitrogen and oxygen atoms in total. The van der Waals surface area contributed by atoms with Gasteiger partial charge in [0.2, 0.25) is 0 Å². The fourth-order valence-electron chi connectivity index (χ4n) is 0.109. The van der Waals surface area contributed by atoms with Crippen molar-refractivity contribution in [2.45, 2.75) is 0 Å². The molecule has 0 rings (SSSR count). The van der Waals surface area contributed by atoms with Gasteiger partial charge in [0.05, 0.1) is 0 Å². The van der Waals surface area contributed by atoms with Crippen LogP contribution in [0.4, 0.5) is 0 Å². The Morgan fingerprint density at radius 2 is 1.67 bits per heavy atom. The Balaban J connectivity index is 4.46. The molecule has 0 aromatic carbocycles. The van der Waals surface area contributed by atoms with Gasteiger partial charge in [0, 0.05) is 0 Å². The van der Waals surface area contributed by atoms with E-state index in [9.17, 15) is 15.2 Å². The van der Waals surface area contributed by atoms with E-state index in [1.807, 2.05) is 0 Å². The summed E-state index contributed by atoms with van der Waals surface area (Å²) >= 11 is -6.10. The molecule has 0 spiro atoms. The average molecular weight is 242 g/mol. The van der Waals surface area contributed by atoms with Gasteiger partial charge in [-0.25, -0.2) is 0 Å². The standard InChI is InChI=1S/Mo.H2O4S.H2O.2O/c;1-5(2,3)4;;;/h;(H2,1,2,3,4);1H2;;/q+2;;;;/p-2. The molecule has 56 valence electrons. The molecule has 0 aromatic heterocycles. The first-order valence-electron chi connectivity index (χ1n) is 1.37. The zero-order valence-electron chi connectivity index (χ0n) is 3.75. The van der Waals surface area contributed by atoms with Gasteiger partial charge in [0.25, 0.3) is 0 Å². The number of rotatable bonds is 2. The first kappa shape index (κ1) is 9.12. The molecule has 0 unspecified atom stereocenters. The van der Waals surface area contributed by atoms with Gasteiger partial charge >= 0.3 is 53.5 Å². The first-order valence-corrected chi connectivity index (χ1v) is 6.09. The Morgan fingerprint density at radius 3 is 1.67 bits per heavy atom. The van der Waals surface area contributed by atoms with Gasteiger partial charge in [-0.3, -0.25) is 0 Å². The Hall–Kier alpha value is 0.118. The molecule has 9 heteroatoms. The van der Waals surface area contributed by atoms with Crippen molar-refractivity contribution in [3.05, 3.63) is 0 Å². The molecule has 0 aliphatic rings. The monoisotopic (exact) mass is 244 g/mol. The Bertz CT molecular complexity index is 234. The summed E-state index contributed by atoms with van der Waals surface area (Å²) in [7, 11) is -5.07. The van der Waals surface area contributed by atoms with E-state index in [0.29, 0.717) is 0 Å². The summed E-state index contributed by atoms with van der Waals surface area (Å²) in [6.45, 7) is 0. The summed E-state index contributed by atoms with van der Waals surface area (Å²) in [5.74, 6) is 0. The first-order chi connectivity index (χ1) is 3.71. The van der Waals surface area contributed by atoms with Crippen LogP contribution < -0.4 is 0 Å². The summed E-state index contributed by atoms with van der Waals surface area (Å²) in [5.41, 5.74) is 0. The molecule has 0 saturated heterocycles. The quantitative estimate of drug-likeness (QED) is 0.445. The van der Waals surface area contributed by atoms with E-state index >= 15 is 0 Å². The Morgan fingerprint density at radius 1 is 1.33 bits per heavy atom. The molecular formula is H2MoO7S. The minimum absolute atomic E-state index is 2.79. The van der Waals surface area contributed by atoms with Crippen molar-refractivity contribution in [1.82, 2.24) is 0 Å². The predicted molar refractivity (Wildman–Crippen MR) is 16.2 cm³/mol. The summed E-state index contributed by atoms with van der Waals surface area (Å²) in [4.78, 5) is 0. The summed E-state index contributed by atoms with van der Waals surface area (Å²) in [6.07, 6.45) is 0. The van der Waals surface area contributed by atoms with Crippen molar-refractivity contribution >= 4 is 10.4 Å². The maximum absolute atomic E-state index is 9.55. The molecule has 0 radical (unpaired) electrons. The second kappa shape index (κ2) is 2.39. The van der Waals surface area contributed by atoms with Gasteiger partial charge in [-0.15, -0.1) is 0 Å². The van der Waals surface area contributed by atoms with Crippen LogP contribution in [0.15, 0.2) is 0 Å². The average Bonchev–Trinajstić information content (AvgIpc) is 1.14. The van der Waals surface area contributed by atoms with Gasteiger partial charge < -0.3 is 0 Å². The van der Waals surface area contributed by atoms with Crippen LogP contribution in [0.5, 0.6) is 0 Å². The van der Waals surface area contributed by atoms with Gasteiger partial charge in [-0.1, -0.05) is 0 Å². The second-order valence-electron chi connectivity index (χ2n) is 0.924. The van der Waals surface area contributed by atoms with E-state index < -0.39 is 27.1 Å². The molecular weight excluding hydrogens is 240 g/mol. The summed E-state index contributed by atoms with van der Waals surface area (Å²) in [5, 5.41) is 0. The van der Waals surface area contributed by atoms with E-state index in [4.69, 9.17) is 8.31 Å². The van der Waals surface area contributed by atoms with Crippen LogP contribution in [-0.4, -0.2) is 16.7 Å². The summed E-state index contributed by atoms with van der Waals surface area (Å²) < 4.78 is 56.1. The fraction of sp³-hybridized carbons (Fsp3) is 0. The van der Waals surface area contributed by atoms with Gasteiger partial charge in [0.15, 0.2) is 0 Å². The van der Waals surface area contributed by atoms with E-state index in [1.54, 1.807) is 0 Å². The van der Waals surface area contributed by atoms with E-state index in [0.717, 1.165) is 0 Å². The fourth-order valence-corrected chi connectivity index (χ4v) is 1.93. The van der Waals surface area contributed by atoms with Crippen molar-refractivity contribution < 1.29 is 43.1 Å². The van der Waals surface area contributed by atoms with E-state index in [1.165, 1.54) is 0 Å². The van der Waals surface area contributed by atoms with Gasteiger partial charge in [-0.05, 0) is 0 Å².